The van der Waals surface area contributed by atoms with Gasteiger partial charge in [0.25, 0.3) is 0 Å². The van der Waals surface area contributed by atoms with E-state index in [9.17, 15) is 0 Å². The molecule has 7 aromatic carbocycles. The van der Waals surface area contributed by atoms with Gasteiger partial charge in [-0.25, -0.2) is 0 Å². The number of hydrogen-bond acceptors (Lipinski definition) is 1. The van der Waals surface area contributed by atoms with Crippen molar-refractivity contribution in [1.82, 2.24) is 0 Å². The van der Waals surface area contributed by atoms with Crippen molar-refractivity contribution in [2.75, 3.05) is 0 Å². The molecule has 0 saturated carbocycles. The summed E-state index contributed by atoms with van der Waals surface area (Å²) >= 11 is 0. The molecule has 0 aliphatic carbocycles. The van der Waals surface area contributed by atoms with E-state index in [-0.39, 0.29) is 115 Å². The maximum absolute atomic E-state index is 6.95. The molecule has 0 atom stereocenters. The van der Waals surface area contributed by atoms with Crippen molar-refractivity contribution in [2.45, 2.75) is 0 Å². The van der Waals surface area contributed by atoms with E-state index in [4.69, 9.17) is 122 Å². The molecule has 0 bridgehead atoms. The first kappa shape index (κ1) is 35.1. The summed E-state index contributed by atoms with van der Waals surface area (Å²) in [6.45, 7) is 0. The van der Waals surface area contributed by atoms with Crippen LogP contribution in [0.2, 0.25) is 0 Å². The van der Waals surface area contributed by atoms with Crippen LogP contribution in [0.4, 0.5) is 0 Å². The molecule has 202 valence electrons. The molecular weight excluding hydrogens is 611 g/mol. The molecule has 30 radical (unpaired) electrons. The van der Waals surface area contributed by atoms with Crippen LogP contribution in [0.3, 0.4) is 0 Å². The van der Waals surface area contributed by atoms with Crippen LogP contribution in [0.1, 0.15) is 0 Å². The molecule has 0 aliphatic heterocycles. The zero-order valence-corrected chi connectivity index (χ0v) is 27.6. The summed E-state index contributed by atoms with van der Waals surface area (Å²) in [6.07, 6.45) is 0. The molecule has 1 aromatic heterocycles. The zero-order chi connectivity index (χ0) is 37.4. The molecule has 16 heteroatoms. The molecule has 0 fully saturated rings. The predicted molar refractivity (Wildman–Crippen MR) is 238 cm³/mol. The number of rotatable bonds is 2. The Labute approximate surface area is 321 Å². The Balaban J connectivity index is 1.75. The van der Waals surface area contributed by atoms with E-state index in [1.54, 1.807) is 0 Å². The van der Waals surface area contributed by atoms with Gasteiger partial charge in [0.2, 0.25) is 0 Å². The highest BCUT2D eigenvalue weighted by Gasteiger charge is 2.28. The normalized spacial score (nSPS) is 11.8. The van der Waals surface area contributed by atoms with Gasteiger partial charge in [0.15, 0.2) is 0 Å². The maximum Gasteiger partial charge on any atom is 0.135 e. The van der Waals surface area contributed by atoms with Crippen LogP contribution >= 0.6 is 0 Å². The smallest absolute Gasteiger partial charge is 0.135 e. The second kappa shape index (κ2) is 12.1. The Morgan fingerprint density at radius 1 is 0.288 bits per heavy atom. The van der Waals surface area contributed by atoms with Gasteiger partial charge in [-0.3, -0.25) is 0 Å². The third-order valence-electron chi connectivity index (χ3n) is 10.3. The SMILES string of the molecule is [B]c1c([B])c([B])c2c(-c3c4c([B])c([B])c([B])c([B])c4c(-c4ccc5oc6ccccc6c5c4)c4c([B])c([B])c([B])c([B])c34)c([B])c([B])c([B])c2c1[B]. The first-order valence-electron chi connectivity index (χ1n) is 15.8. The van der Waals surface area contributed by atoms with Gasteiger partial charge >= 0.3 is 0 Å². The summed E-state index contributed by atoms with van der Waals surface area (Å²) in [4.78, 5) is 0. The van der Waals surface area contributed by atoms with Gasteiger partial charge in [0.1, 0.15) is 129 Å². The van der Waals surface area contributed by atoms with Gasteiger partial charge in [-0.05, 0) is 72.8 Å². The summed E-state index contributed by atoms with van der Waals surface area (Å²) in [5.74, 6) is 0. The van der Waals surface area contributed by atoms with Crippen LogP contribution in [0.15, 0.2) is 46.9 Å². The number of furan rings is 1. The topological polar surface area (TPSA) is 13.1 Å². The molecule has 0 N–H and O–H groups in total. The first-order valence-corrected chi connectivity index (χ1v) is 15.8. The Bertz CT molecular complexity index is 2880. The third kappa shape index (κ3) is 4.51. The fourth-order valence-electron chi connectivity index (χ4n) is 7.54. The molecule has 8 aromatic rings. The van der Waals surface area contributed by atoms with Gasteiger partial charge in [0, 0.05) is 10.8 Å². The van der Waals surface area contributed by atoms with Crippen LogP contribution in [-0.4, -0.2) is 118 Å². The molecular formula is C36H7B15O. The van der Waals surface area contributed by atoms with E-state index < -0.39 is 0 Å². The molecule has 1 heterocycles. The lowest BCUT2D eigenvalue weighted by Crippen LogP contribution is -2.53. The molecule has 8 rings (SSSR count). The maximum atomic E-state index is 6.95. The van der Waals surface area contributed by atoms with Gasteiger partial charge in [-0.2, -0.15) is 0 Å². The van der Waals surface area contributed by atoms with Crippen molar-refractivity contribution < 1.29 is 4.42 Å². The van der Waals surface area contributed by atoms with E-state index in [0.717, 1.165) is 10.8 Å². The quantitative estimate of drug-likeness (QED) is 0.139. The van der Waals surface area contributed by atoms with Gasteiger partial charge in [0.05, 0.1) is 0 Å². The number of hydrogen-bond donors (Lipinski definition) is 0. The lowest BCUT2D eigenvalue weighted by atomic mass is 9.56. The highest BCUT2D eigenvalue weighted by Crippen LogP contribution is 2.42. The van der Waals surface area contributed by atoms with Gasteiger partial charge in [-0.1, -0.05) is 68.0 Å². The molecule has 0 amide bonds. The highest BCUT2D eigenvalue weighted by molar-refractivity contribution is 6.74. The summed E-state index contributed by atoms with van der Waals surface area (Å²) in [5, 5.41) is 3.29. The molecule has 0 saturated heterocycles. The second-order valence-corrected chi connectivity index (χ2v) is 12.9. The van der Waals surface area contributed by atoms with Crippen LogP contribution in [-0.2, 0) is 0 Å². The van der Waals surface area contributed by atoms with E-state index in [0.29, 0.717) is 33.1 Å². The molecule has 0 aliphatic rings. The average Bonchev–Trinajstić information content (AvgIpc) is 3.51. The second-order valence-electron chi connectivity index (χ2n) is 12.9. The number of para-hydroxylation sites is 1. The summed E-state index contributed by atoms with van der Waals surface area (Å²) in [7, 11) is 100. The predicted octanol–water partition coefficient (Wildman–Crippen LogP) is -7.71. The van der Waals surface area contributed by atoms with Crippen molar-refractivity contribution in [3.63, 3.8) is 0 Å². The number of benzene rings is 7. The summed E-state index contributed by atoms with van der Waals surface area (Å²) < 4.78 is 6.12. The largest absolute Gasteiger partial charge is 0.456 e. The minimum Gasteiger partial charge on any atom is -0.456 e. The Morgan fingerprint density at radius 2 is 0.654 bits per heavy atom. The fourth-order valence-corrected chi connectivity index (χ4v) is 7.54. The fraction of sp³-hybridized carbons (Fsp3) is 0. The van der Waals surface area contributed by atoms with Crippen LogP contribution in [0, 0.1) is 0 Å². The highest BCUT2D eigenvalue weighted by atomic mass is 16.3. The lowest BCUT2D eigenvalue weighted by molar-refractivity contribution is 0.669. The van der Waals surface area contributed by atoms with E-state index >= 15 is 0 Å². The summed E-state index contributed by atoms with van der Waals surface area (Å²) in [6, 6.07) is 13.3. The lowest BCUT2D eigenvalue weighted by Gasteiger charge is -2.31. The minimum absolute atomic E-state index is 0.000556. The van der Waals surface area contributed by atoms with Gasteiger partial charge in [-0.15, -0.1) is 38.2 Å². The third-order valence-corrected chi connectivity index (χ3v) is 10.3. The molecule has 52 heavy (non-hydrogen) atoms. The standard InChI is InChI=1S/C36H7B15O/c37-22-15-13(8-5-6-12-10(7-8)9-3-1-2-4-11(9)52-12)16-18(26(41)34(49)32(47)23(16)38)14(17(15)25(40)33(48)31(22)46)19-20-21(28(43)30(45)24(19)39)29(44)36(51)35(50)27(20)42/h1-7H. The van der Waals surface area contributed by atoms with Gasteiger partial charge < -0.3 is 4.42 Å². The minimum atomic E-state index is -0.0367. The van der Waals surface area contributed by atoms with Crippen molar-refractivity contribution >= 4 is 254 Å². The van der Waals surface area contributed by atoms with Crippen molar-refractivity contribution in [1.29, 1.82) is 0 Å². The summed E-state index contributed by atoms with van der Waals surface area (Å²) in [5.41, 5.74) is 3.05. The Kier molecular flexibility index (Phi) is 8.15. The van der Waals surface area contributed by atoms with E-state index in [1.165, 1.54) is 0 Å². The Morgan fingerprint density at radius 3 is 1.13 bits per heavy atom. The van der Waals surface area contributed by atoms with Crippen LogP contribution in [0.25, 0.3) is 76.5 Å². The zero-order valence-electron chi connectivity index (χ0n) is 27.6. The number of fused-ring (bicyclic) bond motifs is 6. The van der Waals surface area contributed by atoms with E-state index in [2.05, 4.69) is 0 Å². The Hall–Kier alpha value is -3.91. The molecule has 0 unspecified atom stereocenters. The molecule has 0 spiro atoms. The average molecular weight is 618 g/mol. The van der Waals surface area contributed by atoms with Crippen LogP contribution in [0.5, 0.6) is 0 Å². The van der Waals surface area contributed by atoms with Crippen LogP contribution < -0.4 is 81.9 Å². The van der Waals surface area contributed by atoms with E-state index in [1.807, 2.05) is 42.5 Å². The monoisotopic (exact) mass is 620 g/mol. The van der Waals surface area contributed by atoms with Crippen molar-refractivity contribution in [2.24, 2.45) is 0 Å². The first-order chi connectivity index (χ1) is 24.6. The molecule has 1 nitrogen and oxygen atoms in total. The van der Waals surface area contributed by atoms with Crippen molar-refractivity contribution in [3.05, 3.63) is 42.5 Å². The van der Waals surface area contributed by atoms with Crippen molar-refractivity contribution in [3.8, 4) is 22.3 Å².